The second-order valence-electron chi connectivity index (χ2n) is 4.49. The summed E-state index contributed by atoms with van der Waals surface area (Å²) in [6, 6.07) is 14.5. The third kappa shape index (κ3) is 2.27. The summed E-state index contributed by atoms with van der Waals surface area (Å²) in [7, 11) is 0. The van der Waals surface area contributed by atoms with Gasteiger partial charge < -0.3 is 4.42 Å². The third-order valence-corrected chi connectivity index (χ3v) is 3.22. The molecule has 0 aliphatic carbocycles. The van der Waals surface area contributed by atoms with Crippen molar-refractivity contribution in [3.8, 4) is 0 Å². The number of fused-ring (bicyclic) bond motifs is 1. The number of hydrogen-bond acceptors (Lipinski definition) is 2. The Hall–Kier alpha value is -2.06. The van der Waals surface area contributed by atoms with Crippen LogP contribution < -0.4 is 0 Å². The van der Waals surface area contributed by atoms with Crippen LogP contribution in [-0.4, -0.2) is 5.78 Å². The molecular formula is C16H11ClO2. The van der Waals surface area contributed by atoms with Gasteiger partial charge in [-0.15, -0.1) is 0 Å². The molecule has 1 aromatic heterocycles. The Labute approximate surface area is 115 Å². The zero-order valence-electron chi connectivity index (χ0n) is 10.3. The molecule has 94 valence electrons. The molecule has 3 aromatic rings. The number of ketones is 1. The van der Waals surface area contributed by atoms with Gasteiger partial charge in [0.05, 0.1) is 0 Å². The fraction of sp³-hybridized carbons (Fsp3) is 0.0625. The Morgan fingerprint density at radius 2 is 1.95 bits per heavy atom. The maximum Gasteiger partial charge on any atom is 0.228 e. The lowest BCUT2D eigenvalue weighted by Crippen LogP contribution is -1.98. The van der Waals surface area contributed by atoms with Crippen LogP contribution in [0.3, 0.4) is 0 Å². The van der Waals surface area contributed by atoms with Crippen LogP contribution in [0, 0.1) is 6.92 Å². The lowest BCUT2D eigenvalue weighted by Gasteiger charge is -1.97. The lowest BCUT2D eigenvalue weighted by molar-refractivity contribution is 0.101. The predicted molar refractivity (Wildman–Crippen MR) is 75.8 cm³/mol. The average molecular weight is 271 g/mol. The van der Waals surface area contributed by atoms with E-state index >= 15 is 0 Å². The summed E-state index contributed by atoms with van der Waals surface area (Å²) < 4.78 is 5.59. The maximum absolute atomic E-state index is 12.3. The van der Waals surface area contributed by atoms with Crippen molar-refractivity contribution in [2.75, 3.05) is 0 Å². The van der Waals surface area contributed by atoms with Crippen LogP contribution in [0.4, 0.5) is 0 Å². The molecular weight excluding hydrogens is 260 g/mol. The quantitative estimate of drug-likeness (QED) is 0.636. The van der Waals surface area contributed by atoms with Gasteiger partial charge >= 0.3 is 0 Å². The Morgan fingerprint density at radius 1 is 1.11 bits per heavy atom. The van der Waals surface area contributed by atoms with E-state index in [0.717, 1.165) is 16.5 Å². The zero-order valence-corrected chi connectivity index (χ0v) is 11.1. The molecule has 1 heterocycles. The molecule has 0 spiro atoms. The van der Waals surface area contributed by atoms with E-state index in [1.54, 1.807) is 30.3 Å². The highest BCUT2D eigenvalue weighted by Crippen LogP contribution is 2.23. The predicted octanol–water partition coefficient (Wildman–Crippen LogP) is 4.63. The minimum absolute atomic E-state index is 0.156. The normalized spacial score (nSPS) is 10.8. The molecule has 2 aromatic carbocycles. The Kier molecular flexibility index (Phi) is 2.88. The molecule has 0 saturated heterocycles. The molecule has 2 nitrogen and oxygen atoms in total. The van der Waals surface area contributed by atoms with E-state index in [-0.39, 0.29) is 5.78 Å². The highest BCUT2D eigenvalue weighted by molar-refractivity contribution is 6.31. The largest absolute Gasteiger partial charge is 0.453 e. The number of carbonyl (C=O) groups excluding carboxylic acids is 1. The van der Waals surface area contributed by atoms with Gasteiger partial charge in [0.15, 0.2) is 5.76 Å². The Bertz CT molecular complexity index is 771. The van der Waals surface area contributed by atoms with Crippen molar-refractivity contribution in [2.24, 2.45) is 0 Å². The van der Waals surface area contributed by atoms with Crippen molar-refractivity contribution in [3.05, 3.63) is 70.4 Å². The van der Waals surface area contributed by atoms with Gasteiger partial charge in [-0.1, -0.05) is 35.4 Å². The van der Waals surface area contributed by atoms with Crippen molar-refractivity contribution < 1.29 is 9.21 Å². The molecule has 0 saturated carbocycles. The first-order valence-electron chi connectivity index (χ1n) is 5.94. The van der Waals surface area contributed by atoms with E-state index < -0.39 is 0 Å². The van der Waals surface area contributed by atoms with Crippen LogP contribution in [0.5, 0.6) is 0 Å². The van der Waals surface area contributed by atoms with Gasteiger partial charge in [-0.05, 0) is 37.3 Å². The van der Waals surface area contributed by atoms with Crippen LogP contribution in [-0.2, 0) is 0 Å². The standard InChI is InChI=1S/C16H11ClO2/c1-10-5-6-14-12(7-10)9-15(19-14)16(18)11-3-2-4-13(17)8-11/h2-9H,1H3. The number of rotatable bonds is 2. The molecule has 0 amide bonds. The van der Waals surface area contributed by atoms with E-state index in [1.165, 1.54) is 0 Å². The molecule has 0 N–H and O–H groups in total. The van der Waals surface area contributed by atoms with E-state index in [0.29, 0.717) is 16.3 Å². The van der Waals surface area contributed by atoms with Crippen molar-refractivity contribution in [1.82, 2.24) is 0 Å². The molecule has 0 aliphatic rings. The lowest BCUT2D eigenvalue weighted by atomic mass is 10.1. The summed E-state index contributed by atoms with van der Waals surface area (Å²) in [5.41, 5.74) is 2.38. The molecule has 0 fully saturated rings. The van der Waals surface area contributed by atoms with Gasteiger partial charge in [0.25, 0.3) is 0 Å². The smallest absolute Gasteiger partial charge is 0.228 e. The first-order valence-corrected chi connectivity index (χ1v) is 6.32. The molecule has 3 heteroatoms. The number of hydrogen-bond donors (Lipinski definition) is 0. The fourth-order valence-electron chi connectivity index (χ4n) is 2.05. The van der Waals surface area contributed by atoms with Crippen molar-refractivity contribution >= 4 is 28.4 Å². The van der Waals surface area contributed by atoms with E-state index in [2.05, 4.69) is 0 Å². The minimum atomic E-state index is -0.156. The van der Waals surface area contributed by atoms with Crippen LogP contribution >= 0.6 is 11.6 Å². The van der Waals surface area contributed by atoms with Crippen molar-refractivity contribution in [3.63, 3.8) is 0 Å². The number of halogens is 1. The third-order valence-electron chi connectivity index (χ3n) is 2.98. The van der Waals surface area contributed by atoms with Crippen molar-refractivity contribution in [2.45, 2.75) is 6.92 Å². The van der Waals surface area contributed by atoms with Gasteiger partial charge in [0, 0.05) is 16.0 Å². The van der Waals surface area contributed by atoms with E-state index in [9.17, 15) is 4.79 Å². The highest BCUT2D eigenvalue weighted by atomic mass is 35.5. The van der Waals surface area contributed by atoms with Crippen LogP contribution in [0.1, 0.15) is 21.7 Å². The first kappa shape index (κ1) is 12.0. The van der Waals surface area contributed by atoms with E-state index in [1.807, 2.05) is 25.1 Å². The molecule has 0 bridgehead atoms. The maximum atomic E-state index is 12.3. The summed E-state index contributed by atoms with van der Waals surface area (Å²) in [6.07, 6.45) is 0. The zero-order chi connectivity index (χ0) is 13.4. The molecule has 0 atom stereocenters. The molecule has 3 rings (SSSR count). The van der Waals surface area contributed by atoms with Crippen LogP contribution in [0.2, 0.25) is 5.02 Å². The second-order valence-corrected chi connectivity index (χ2v) is 4.93. The average Bonchev–Trinajstić information content (AvgIpc) is 2.80. The van der Waals surface area contributed by atoms with Gasteiger partial charge in [-0.25, -0.2) is 0 Å². The fourth-order valence-corrected chi connectivity index (χ4v) is 2.24. The SMILES string of the molecule is Cc1ccc2oc(C(=O)c3cccc(Cl)c3)cc2c1. The van der Waals surface area contributed by atoms with Crippen molar-refractivity contribution in [1.29, 1.82) is 0 Å². The highest BCUT2D eigenvalue weighted by Gasteiger charge is 2.14. The van der Waals surface area contributed by atoms with Gasteiger partial charge in [0.1, 0.15) is 5.58 Å². The summed E-state index contributed by atoms with van der Waals surface area (Å²) in [4.78, 5) is 12.3. The summed E-state index contributed by atoms with van der Waals surface area (Å²) in [5.74, 6) is 0.180. The van der Waals surface area contributed by atoms with Gasteiger partial charge in [-0.2, -0.15) is 0 Å². The molecule has 0 unspecified atom stereocenters. The van der Waals surface area contributed by atoms with E-state index in [4.69, 9.17) is 16.0 Å². The molecule has 0 aliphatic heterocycles. The monoisotopic (exact) mass is 270 g/mol. The van der Waals surface area contributed by atoms with Gasteiger partial charge in [-0.3, -0.25) is 4.79 Å². The topological polar surface area (TPSA) is 30.2 Å². The second kappa shape index (κ2) is 4.56. The Balaban J connectivity index is 2.06. The number of aryl methyl sites for hydroxylation is 1. The minimum Gasteiger partial charge on any atom is -0.453 e. The molecule has 19 heavy (non-hydrogen) atoms. The van der Waals surface area contributed by atoms with Crippen LogP contribution in [0.15, 0.2) is 52.9 Å². The van der Waals surface area contributed by atoms with Gasteiger partial charge in [0.2, 0.25) is 5.78 Å². The summed E-state index contributed by atoms with van der Waals surface area (Å²) >= 11 is 5.89. The summed E-state index contributed by atoms with van der Waals surface area (Å²) in [5, 5.41) is 1.48. The Morgan fingerprint density at radius 3 is 2.74 bits per heavy atom. The number of furan rings is 1. The van der Waals surface area contributed by atoms with Crippen LogP contribution in [0.25, 0.3) is 11.0 Å². The number of carbonyl (C=O) groups is 1. The first-order chi connectivity index (χ1) is 9.13. The summed E-state index contributed by atoms with van der Waals surface area (Å²) in [6.45, 7) is 2.00. The number of benzene rings is 2. The molecule has 0 radical (unpaired) electrons.